The lowest BCUT2D eigenvalue weighted by atomic mass is 10.1. The van der Waals surface area contributed by atoms with Gasteiger partial charge in [0.2, 0.25) is 5.91 Å². The quantitative estimate of drug-likeness (QED) is 0.814. The first-order valence-electron chi connectivity index (χ1n) is 5.55. The second kappa shape index (κ2) is 6.81. The first kappa shape index (κ1) is 15.8. The van der Waals surface area contributed by atoms with Gasteiger partial charge in [0.15, 0.2) is 0 Å². The van der Waals surface area contributed by atoms with Crippen molar-refractivity contribution in [1.82, 2.24) is 4.90 Å². The number of hydrogen-bond donors (Lipinski definition) is 2. The van der Waals surface area contributed by atoms with Crippen LogP contribution in [0.25, 0.3) is 0 Å². The number of aliphatic hydroxyl groups is 1. The van der Waals surface area contributed by atoms with E-state index in [1.807, 2.05) is 0 Å². The highest BCUT2D eigenvalue weighted by molar-refractivity contribution is 7.80. The molecule has 0 saturated heterocycles. The predicted octanol–water partition coefficient (Wildman–Crippen LogP) is 1.90. The van der Waals surface area contributed by atoms with Gasteiger partial charge in [-0.3, -0.25) is 4.79 Å². The van der Waals surface area contributed by atoms with Gasteiger partial charge >= 0.3 is 6.18 Å². The first-order chi connectivity index (χ1) is 8.81. The zero-order chi connectivity index (χ0) is 14.5. The fourth-order valence-corrected chi connectivity index (χ4v) is 1.68. The van der Waals surface area contributed by atoms with Crippen LogP contribution in [0.2, 0.25) is 0 Å². The molecule has 106 valence electrons. The maximum Gasteiger partial charge on any atom is 0.406 e. The molecule has 0 aliphatic rings. The topological polar surface area (TPSA) is 40.5 Å². The van der Waals surface area contributed by atoms with Crippen molar-refractivity contribution < 1.29 is 23.1 Å². The molecule has 0 aliphatic carbocycles. The number of alkyl halides is 3. The van der Waals surface area contributed by atoms with E-state index in [9.17, 15) is 18.0 Å². The number of carbonyl (C=O) groups is 1. The minimum atomic E-state index is -4.47. The van der Waals surface area contributed by atoms with Crippen LogP contribution in [0.1, 0.15) is 5.56 Å². The molecule has 0 aromatic heterocycles. The van der Waals surface area contributed by atoms with E-state index in [2.05, 4.69) is 12.6 Å². The van der Waals surface area contributed by atoms with Crippen molar-refractivity contribution in [2.75, 3.05) is 19.7 Å². The number of nitrogens with zero attached hydrogens (tertiary/aromatic N) is 1. The molecule has 0 saturated carbocycles. The molecule has 0 radical (unpaired) electrons. The Labute approximate surface area is 114 Å². The average Bonchev–Trinajstić information content (AvgIpc) is 2.30. The van der Waals surface area contributed by atoms with E-state index in [-0.39, 0.29) is 13.0 Å². The molecule has 0 heterocycles. The summed E-state index contributed by atoms with van der Waals surface area (Å²) in [6.07, 6.45) is -4.61. The summed E-state index contributed by atoms with van der Waals surface area (Å²) < 4.78 is 36.9. The summed E-state index contributed by atoms with van der Waals surface area (Å²) in [5.74, 6) is -0.668. The van der Waals surface area contributed by atoms with Crippen LogP contribution in [0.3, 0.4) is 0 Å². The average molecular weight is 293 g/mol. The lowest BCUT2D eigenvalue weighted by Crippen LogP contribution is -2.41. The molecule has 3 nitrogen and oxygen atoms in total. The van der Waals surface area contributed by atoms with E-state index in [0.29, 0.717) is 15.4 Å². The molecule has 1 amide bonds. The Hall–Kier alpha value is -1.21. The fourth-order valence-electron chi connectivity index (χ4n) is 1.53. The van der Waals surface area contributed by atoms with Crippen molar-refractivity contribution in [1.29, 1.82) is 0 Å². The third-order valence-electron chi connectivity index (χ3n) is 2.38. The van der Waals surface area contributed by atoms with Gasteiger partial charge in [-0.15, -0.1) is 12.6 Å². The highest BCUT2D eigenvalue weighted by atomic mass is 32.1. The third kappa shape index (κ3) is 5.98. The summed E-state index contributed by atoms with van der Waals surface area (Å²) in [5.41, 5.74) is 0.605. The van der Waals surface area contributed by atoms with Crippen LogP contribution in [0.5, 0.6) is 0 Å². The summed E-state index contributed by atoms with van der Waals surface area (Å²) in [5, 5.41) is 8.71. The van der Waals surface area contributed by atoms with Crippen molar-refractivity contribution in [3.05, 3.63) is 29.8 Å². The Balaban J connectivity index is 2.68. The number of amides is 1. The molecule has 0 fully saturated rings. The monoisotopic (exact) mass is 293 g/mol. The number of aliphatic hydroxyl groups excluding tert-OH is 1. The molecule has 0 bridgehead atoms. The predicted molar refractivity (Wildman–Crippen MR) is 67.1 cm³/mol. The molecule has 0 unspecified atom stereocenters. The van der Waals surface area contributed by atoms with E-state index < -0.39 is 25.2 Å². The second-order valence-corrected chi connectivity index (χ2v) is 4.51. The van der Waals surface area contributed by atoms with E-state index in [4.69, 9.17) is 5.11 Å². The molecular formula is C12H14F3NO2S. The highest BCUT2D eigenvalue weighted by Crippen LogP contribution is 2.17. The molecule has 0 atom stereocenters. The maximum atomic E-state index is 12.3. The van der Waals surface area contributed by atoms with Gasteiger partial charge in [-0.05, 0) is 17.7 Å². The maximum absolute atomic E-state index is 12.3. The molecule has 1 aromatic carbocycles. The number of carbonyl (C=O) groups excluding carboxylic acids is 1. The summed E-state index contributed by atoms with van der Waals surface area (Å²) >= 11 is 4.08. The summed E-state index contributed by atoms with van der Waals surface area (Å²) in [6.45, 7) is -2.18. The van der Waals surface area contributed by atoms with Crippen LogP contribution in [-0.2, 0) is 11.2 Å². The number of benzene rings is 1. The van der Waals surface area contributed by atoms with Gasteiger partial charge < -0.3 is 10.0 Å². The van der Waals surface area contributed by atoms with Gasteiger partial charge in [0.05, 0.1) is 13.0 Å². The van der Waals surface area contributed by atoms with Crippen molar-refractivity contribution >= 4 is 18.5 Å². The Morgan fingerprint density at radius 3 is 2.32 bits per heavy atom. The van der Waals surface area contributed by atoms with E-state index in [0.717, 1.165) is 0 Å². The van der Waals surface area contributed by atoms with Gasteiger partial charge in [0, 0.05) is 11.4 Å². The van der Waals surface area contributed by atoms with Crippen LogP contribution >= 0.6 is 12.6 Å². The fraction of sp³-hybridized carbons (Fsp3) is 0.417. The summed E-state index contributed by atoms with van der Waals surface area (Å²) in [4.78, 5) is 13.1. The van der Waals surface area contributed by atoms with Crippen LogP contribution in [-0.4, -0.2) is 41.8 Å². The van der Waals surface area contributed by atoms with Crippen molar-refractivity contribution in [3.63, 3.8) is 0 Å². The van der Waals surface area contributed by atoms with Crippen LogP contribution in [0.15, 0.2) is 29.2 Å². The standard InChI is InChI=1S/C12H14F3NO2S/c13-12(14,15)8-16(5-6-17)11(18)7-9-1-3-10(19)4-2-9/h1-4,17,19H,5-8H2. The number of hydrogen-bond acceptors (Lipinski definition) is 3. The smallest absolute Gasteiger partial charge is 0.395 e. The minimum absolute atomic E-state index is 0.135. The van der Waals surface area contributed by atoms with Crippen LogP contribution < -0.4 is 0 Å². The lowest BCUT2D eigenvalue weighted by Gasteiger charge is -2.23. The Morgan fingerprint density at radius 1 is 1.26 bits per heavy atom. The first-order valence-corrected chi connectivity index (χ1v) is 6.00. The van der Waals surface area contributed by atoms with E-state index in [1.54, 1.807) is 24.3 Å². The van der Waals surface area contributed by atoms with Gasteiger partial charge in [0.25, 0.3) is 0 Å². The number of thiol groups is 1. The largest absolute Gasteiger partial charge is 0.406 e. The van der Waals surface area contributed by atoms with Gasteiger partial charge in [-0.25, -0.2) is 0 Å². The Morgan fingerprint density at radius 2 is 1.84 bits per heavy atom. The van der Waals surface area contributed by atoms with Crippen molar-refractivity contribution in [2.24, 2.45) is 0 Å². The SMILES string of the molecule is O=C(Cc1ccc(S)cc1)N(CCO)CC(F)(F)F. The Bertz CT molecular complexity index is 420. The van der Waals surface area contributed by atoms with E-state index >= 15 is 0 Å². The van der Waals surface area contributed by atoms with Crippen LogP contribution in [0, 0.1) is 0 Å². The van der Waals surface area contributed by atoms with Gasteiger partial charge in [-0.1, -0.05) is 12.1 Å². The van der Waals surface area contributed by atoms with Gasteiger partial charge in [0.1, 0.15) is 6.54 Å². The molecule has 1 aromatic rings. The number of rotatable bonds is 5. The van der Waals surface area contributed by atoms with Crippen molar-refractivity contribution in [2.45, 2.75) is 17.5 Å². The molecule has 1 rings (SSSR count). The van der Waals surface area contributed by atoms with Crippen LogP contribution in [0.4, 0.5) is 13.2 Å². The second-order valence-electron chi connectivity index (χ2n) is 4.00. The third-order valence-corrected chi connectivity index (χ3v) is 2.68. The highest BCUT2D eigenvalue weighted by Gasteiger charge is 2.32. The molecule has 7 heteroatoms. The zero-order valence-corrected chi connectivity index (χ0v) is 10.9. The molecule has 0 spiro atoms. The molecular weight excluding hydrogens is 279 g/mol. The molecule has 0 aliphatic heterocycles. The zero-order valence-electron chi connectivity index (χ0n) is 10.0. The van der Waals surface area contributed by atoms with Crippen molar-refractivity contribution in [3.8, 4) is 0 Å². The lowest BCUT2D eigenvalue weighted by molar-refractivity contribution is -0.161. The Kier molecular flexibility index (Phi) is 5.68. The summed E-state index contributed by atoms with van der Waals surface area (Å²) in [6, 6.07) is 6.58. The normalized spacial score (nSPS) is 11.4. The molecule has 1 N–H and O–H groups in total. The van der Waals surface area contributed by atoms with E-state index in [1.165, 1.54) is 0 Å². The summed E-state index contributed by atoms with van der Waals surface area (Å²) in [7, 11) is 0. The number of halogens is 3. The van der Waals surface area contributed by atoms with Gasteiger partial charge in [-0.2, -0.15) is 13.2 Å². The minimum Gasteiger partial charge on any atom is -0.395 e. The molecule has 19 heavy (non-hydrogen) atoms.